The molecule has 1 nitrogen and oxygen atoms in total. The van der Waals surface area contributed by atoms with E-state index < -0.39 is 18.8 Å². The van der Waals surface area contributed by atoms with Crippen molar-refractivity contribution in [2.75, 3.05) is 18.5 Å². The van der Waals surface area contributed by atoms with Gasteiger partial charge in [0, 0.05) is 12.4 Å². The van der Waals surface area contributed by atoms with Gasteiger partial charge in [-0.1, -0.05) is 28.1 Å². The molecule has 0 atom stereocenters. The van der Waals surface area contributed by atoms with Gasteiger partial charge < -0.3 is 4.90 Å². The molecule has 0 unspecified atom stereocenters. The van der Waals surface area contributed by atoms with Gasteiger partial charge in [0.2, 0.25) is 0 Å². The van der Waals surface area contributed by atoms with Gasteiger partial charge in [-0.3, -0.25) is 0 Å². The molecule has 15 heavy (non-hydrogen) atoms. The lowest BCUT2D eigenvalue weighted by Gasteiger charge is -2.21. The predicted molar refractivity (Wildman–Crippen MR) is 58.3 cm³/mol. The molecule has 0 heterocycles. The molecule has 0 aliphatic rings. The Kier molecular flexibility index (Phi) is 4.45. The van der Waals surface area contributed by atoms with Crippen LogP contribution in [0.1, 0.15) is 5.56 Å². The second kappa shape index (κ2) is 5.39. The molecule has 0 amide bonds. The Balaban J connectivity index is 3.00. The molecule has 1 aromatic carbocycles. The standard InChI is InChI=1S/C10H11BrF3N/c1-15(6-9(13)14)10-7(5-11)3-2-4-8(10)12/h2-4,9H,5-6H2,1H3. The maximum absolute atomic E-state index is 13.4. The van der Waals surface area contributed by atoms with Crippen molar-refractivity contribution in [3.05, 3.63) is 29.6 Å². The topological polar surface area (TPSA) is 3.24 Å². The minimum atomic E-state index is -2.47. The van der Waals surface area contributed by atoms with E-state index in [2.05, 4.69) is 15.9 Å². The van der Waals surface area contributed by atoms with E-state index in [0.29, 0.717) is 10.9 Å². The first-order valence-corrected chi connectivity index (χ1v) is 5.51. The molecule has 84 valence electrons. The molecule has 0 fully saturated rings. The summed E-state index contributed by atoms with van der Waals surface area (Å²) in [7, 11) is 1.46. The van der Waals surface area contributed by atoms with Crippen molar-refractivity contribution in [1.29, 1.82) is 0 Å². The number of hydrogen-bond donors (Lipinski definition) is 0. The number of rotatable bonds is 4. The van der Waals surface area contributed by atoms with E-state index in [1.165, 1.54) is 18.0 Å². The van der Waals surface area contributed by atoms with Crippen LogP contribution in [0.3, 0.4) is 0 Å². The van der Waals surface area contributed by atoms with E-state index in [9.17, 15) is 13.2 Å². The van der Waals surface area contributed by atoms with Gasteiger partial charge in [-0.05, 0) is 11.6 Å². The highest BCUT2D eigenvalue weighted by Gasteiger charge is 2.15. The van der Waals surface area contributed by atoms with Gasteiger partial charge >= 0.3 is 0 Å². The Morgan fingerprint density at radius 2 is 2.07 bits per heavy atom. The Morgan fingerprint density at radius 1 is 1.40 bits per heavy atom. The molecule has 0 radical (unpaired) electrons. The van der Waals surface area contributed by atoms with Gasteiger partial charge in [0.15, 0.2) is 0 Å². The molecular formula is C10H11BrF3N. The van der Waals surface area contributed by atoms with Crippen LogP contribution in [0, 0.1) is 5.82 Å². The van der Waals surface area contributed by atoms with E-state index in [1.54, 1.807) is 12.1 Å². The molecule has 0 aliphatic heterocycles. The lowest BCUT2D eigenvalue weighted by atomic mass is 10.2. The fourth-order valence-corrected chi connectivity index (χ4v) is 1.85. The van der Waals surface area contributed by atoms with Gasteiger partial charge in [0.1, 0.15) is 5.82 Å². The van der Waals surface area contributed by atoms with Crippen molar-refractivity contribution in [1.82, 2.24) is 0 Å². The summed E-state index contributed by atoms with van der Waals surface area (Å²) in [6.07, 6.45) is -2.47. The Labute approximate surface area is 95.0 Å². The quantitative estimate of drug-likeness (QED) is 0.765. The first-order valence-electron chi connectivity index (χ1n) is 4.39. The van der Waals surface area contributed by atoms with Crippen LogP contribution in [-0.2, 0) is 5.33 Å². The van der Waals surface area contributed by atoms with E-state index in [1.807, 2.05) is 0 Å². The summed E-state index contributed by atoms with van der Waals surface area (Å²) in [5.41, 5.74) is 0.896. The molecule has 1 aromatic rings. The Morgan fingerprint density at radius 3 is 2.60 bits per heavy atom. The highest BCUT2D eigenvalue weighted by atomic mass is 79.9. The number of anilines is 1. The smallest absolute Gasteiger partial charge is 0.255 e. The average Bonchev–Trinajstić information content (AvgIpc) is 2.15. The molecule has 0 spiro atoms. The minimum absolute atomic E-state index is 0.231. The van der Waals surface area contributed by atoms with Crippen LogP contribution in [0.5, 0.6) is 0 Å². The summed E-state index contributed by atoms with van der Waals surface area (Å²) in [4.78, 5) is 1.23. The van der Waals surface area contributed by atoms with Crippen LogP contribution in [0.2, 0.25) is 0 Å². The number of hydrogen-bond acceptors (Lipinski definition) is 1. The van der Waals surface area contributed by atoms with Crippen molar-refractivity contribution in [3.8, 4) is 0 Å². The van der Waals surface area contributed by atoms with E-state index in [-0.39, 0.29) is 5.69 Å². The second-order valence-corrected chi connectivity index (χ2v) is 3.71. The average molecular weight is 282 g/mol. The summed E-state index contributed by atoms with van der Waals surface area (Å²) in [5.74, 6) is -0.477. The molecule has 0 aromatic heterocycles. The third-order valence-corrected chi connectivity index (χ3v) is 2.61. The van der Waals surface area contributed by atoms with Gasteiger partial charge in [-0.25, -0.2) is 13.2 Å². The van der Waals surface area contributed by atoms with Crippen molar-refractivity contribution in [2.45, 2.75) is 11.8 Å². The molecule has 0 N–H and O–H groups in total. The van der Waals surface area contributed by atoms with E-state index in [4.69, 9.17) is 0 Å². The molecule has 0 saturated carbocycles. The zero-order chi connectivity index (χ0) is 11.4. The first kappa shape index (κ1) is 12.4. The SMILES string of the molecule is CN(CC(F)F)c1c(F)cccc1CBr. The van der Waals surface area contributed by atoms with Crippen molar-refractivity contribution >= 4 is 21.6 Å². The number of halogens is 4. The molecule has 0 saturated heterocycles. The Bertz CT molecular complexity index is 330. The Hall–Kier alpha value is -0.710. The molecule has 0 aliphatic carbocycles. The number of para-hydroxylation sites is 1. The largest absolute Gasteiger partial charge is 0.366 e. The summed E-state index contributed by atoms with van der Waals surface area (Å²) < 4.78 is 37.8. The summed E-state index contributed by atoms with van der Waals surface area (Å²) in [5, 5.41) is 0.438. The second-order valence-electron chi connectivity index (χ2n) is 3.15. The number of nitrogens with zero attached hydrogens (tertiary/aromatic N) is 1. The van der Waals surface area contributed by atoms with Crippen molar-refractivity contribution < 1.29 is 13.2 Å². The van der Waals surface area contributed by atoms with Crippen LogP contribution in [-0.4, -0.2) is 20.0 Å². The zero-order valence-corrected chi connectivity index (χ0v) is 9.77. The molecule has 1 rings (SSSR count). The van der Waals surface area contributed by atoms with Gasteiger partial charge in [0.05, 0.1) is 12.2 Å². The summed E-state index contributed by atoms with van der Waals surface area (Å²) >= 11 is 3.20. The fraction of sp³-hybridized carbons (Fsp3) is 0.400. The highest BCUT2D eigenvalue weighted by molar-refractivity contribution is 9.08. The van der Waals surface area contributed by atoms with Crippen LogP contribution in [0.4, 0.5) is 18.9 Å². The highest BCUT2D eigenvalue weighted by Crippen LogP contribution is 2.25. The number of alkyl halides is 3. The van der Waals surface area contributed by atoms with Crippen LogP contribution in [0.15, 0.2) is 18.2 Å². The third-order valence-electron chi connectivity index (χ3n) is 2.01. The van der Waals surface area contributed by atoms with Crippen LogP contribution in [0.25, 0.3) is 0 Å². The van der Waals surface area contributed by atoms with Gasteiger partial charge in [-0.15, -0.1) is 0 Å². The number of benzene rings is 1. The molecular weight excluding hydrogens is 271 g/mol. The summed E-state index contributed by atoms with van der Waals surface area (Å²) in [6, 6.07) is 4.53. The minimum Gasteiger partial charge on any atom is -0.366 e. The third kappa shape index (κ3) is 3.12. The molecule has 5 heteroatoms. The fourth-order valence-electron chi connectivity index (χ4n) is 1.39. The monoisotopic (exact) mass is 281 g/mol. The predicted octanol–water partition coefficient (Wildman–Crippen LogP) is 3.42. The zero-order valence-electron chi connectivity index (χ0n) is 8.18. The first-order chi connectivity index (χ1) is 7.06. The van der Waals surface area contributed by atoms with Crippen LogP contribution >= 0.6 is 15.9 Å². The molecule has 0 bridgehead atoms. The van der Waals surface area contributed by atoms with Gasteiger partial charge in [0.25, 0.3) is 6.43 Å². The van der Waals surface area contributed by atoms with E-state index in [0.717, 1.165) is 0 Å². The normalized spacial score (nSPS) is 10.8. The lowest BCUT2D eigenvalue weighted by Crippen LogP contribution is -2.25. The maximum Gasteiger partial charge on any atom is 0.255 e. The lowest BCUT2D eigenvalue weighted by molar-refractivity contribution is 0.156. The van der Waals surface area contributed by atoms with E-state index >= 15 is 0 Å². The van der Waals surface area contributed by atoms with Crippen LogP contribution < -0.4 is 4.90 Å². The maximum atomic E-state index is 13.4. The summed E-state index contributed by atoms with van der Waals surface area (Å²) in [6.45, 7) is -0.471. The van der Waals surface area contributed by atoms with Crippen molar-refractivity contribution in [2.24, 2.45) is 0 Å². The van der Waals surface area contributed by atoms with Crippen molar-refractivity contribution in [3.63, 3.8) is 0 Å². The van der Waals surface area contributed by atoms with Gasteiger partial charge in [-0.2, -0.15) is 0 Å².